The first-order chi connectivity index (χ1) is 7.98. The predicted octanol–water partition coefficient (Wildman–Crippen LogP) is 2.73. The molecule has 0 amide bonds. The van der Waals surface area contributed by atoms with Crippen LogP contribution in [0.25, 0.3) is 0 Å². The van der Waals surface area contributed by atoms with E-state index in [4.69, 9.17) is 5.73 Å². The Labute approximate surface area is 104 Å². The molecular weight excluding hydrogens is 215 g/mol. The number of halogens is 1. The lowest BCUT2D eigenvalue weighted by atomic mass is 9.85. The van der Waals surface area contributed by atoms with Gasteiger partial charge in [-0.3, -0.25) is 0 Å². The average molecular weight is 238 g/mol. The standard InChI is InChI=1S/C14H23FN2/c1-4-5-10-14(16,11-17(2)3)12-6-8-13(15)9-7-12/h6-9H,4-5,10-11,16H2,1-3H3. The maximum Gasteiger partial charge on any atom is 0.123 e. The van der Waals surface area contributed by atoms with E-state index in [0.717, 1.165) is 31.4 Å². The van der Waals surface area contributed by atoms with Crippen molar-refractivity contribution in [1.82, 2.24) is 4.90 Å². The summed E-state index contributed by atoms with van der Waals surface area (Å²) in [6.45, 7) is 2.93. The zero-order valence-corrected chi connectivity index (χ0v) is 11.0. The van der Waals surface area contributed by atoms with Crippen molar-refractivity contribution in [1.29, 1.82) is 0 Å². The van der Waals surface area contributed by atoms with Crippen molar-refractivity contribution in [3.05, 3.63) is 35.6 Å². The molecule has 0 spiro atoms. The Balaban J connectivity index is 2.91. The van der Waals surface area contributed by atoms with Crippen LogP contribution >= 0.6 is 0 Å². The summed E-state index contributed by atoms with van der Waals surface area (Å²) >= 11 is 0. The minimum Gasteiger partial charge on any atom is -0.320 e. The van der Waals surface area contributed by atoms with E-state index < -0.39 is 0 Å². The predicted molar refractivity (Wildman–Crippen MR) is 70.3 cm³/mol. The fourth-order valence-corrected chi connectivity index (χ4v) is 2.15. The number of nitrogens with two attached hydrogens (primary N) is 1. The molecule has 1 aromatic rings. The van der Waals surface area contributed by atoms with Gasteiger partial charge in [0.1, 0.15) is 5.82 Å². The van der Waals surface area contributed by atoms with E-state index in [1.165, 1.54) is 12.1 Å². The van der Waals surface area contributed by atoms with Gasteiger partial charge in [-0.15, -0.1) is 0 Å². The van der Waals surface area contributed by atoms with Crippen molar-refractivity contribution in [3.63, 3.8) is 0 Å². The first-order valence-corrected chi connectivity index (χ1v) is 6.17. The monoisotopic (exact) mass is 238 g/mol. The van der Waals surface area contributed by atoms with Crippen molar-refractivity contribution in [2.24, 2.45) is 5.73 Å². The molecule has 0 fully saturated rings. The molecule has 0 saturated carbocycles. The van der Waals surface area contributed by atoms with Gasteiger partial charge in [-0.05, 0) is 38.2 Å². The molecule has 2 N–H and O–H groups in total. The first kappa shape index (κ1) is 14.1. The molecule has 1 aromatic carbocycles. The molecule has 0 aliphatic carbocycles. The maximum absolute atomic E-state index is 12.9. The molecule has 1 rings (SSSR count). The van der Waals surface area contributed by atoms with Crippen molar-refractivity contribution >= 4 is 0 Å². The van der Waals surface area contributed by atoms with Crippen molar-refractivity contribution in [2.45, 2.75) is 31.7 Å². The Morgan fingerprint density at radius 3 is 2.29 bits per heavy atom. The molecular formula is C14H23FN2. The summed E-state index contributed by atoms with van der Waals surface area (Å²) in [5.74, 6) is -0.212. The van der Waals surface area contributed by atoms with Crippen LogP contribution in [0, 0.1) is 5.82 Å². The number of likely N-dealkylation sites (N-methyl/N-ethyl adjacent to an activating group) is 1. The summed E-state index contributed by atoms with van der Waals surface area (Å²) in [4.78, 5) is 2.08. The van der Waals surface area contributed by atoms with Crippen LogP contribution in [0.5, 0.6) is 0 Å². The van der Waals surface area contributed by atoms with Crippen molar-refractivity contribution < 1.29 is 4.39 Å². The summed E-state index contributed by atoms with van der Waals surface area (Å²) in [7, 11) is 4.02. The van der Waals surface area contributed by atoms with Gasteiger partial charge in [-0.25, -0.2) is 4.39 Å². The van der Waals surface area contributed by atoms with Crippen LogP contribution in [-0.4, -0.2) is 25.5 Å². The quantitative estimate of drug-likeness (QED) is 0.825. The van der Waals surface area contributed by atoms with E-state index in [-0.39, 0.29) is 11.4 Å². The Kier molecular flexibility index (Phi) is 5.09. The van der Waals surface area contributed by atoms with E-state index in [0.29, 0.717) is 0 Å². The fraction of sp³-hybridized carbons (Fsp3) is 0.571. The lowest BCUT2D eigenvalue weighted by Crippen LogP contribution is -2.45. The van der Waals surface area contributed by atoms with Gasteiger partial charge in [0.15, 0.2) is 0 Å². The van der Waals surface area contributed by atoms with Gasteiger partial charge in [-0.1, -0.05) is 31.9 Å². The number of hydrogen-bond acceptors (Lipinski definition) is 2. The fourth-order valence-electron chi connectivity index (χ4n) is 2.15. The lowest BCUT2D eigenvalue weighted by Gasteiger charge is -2.33. The highest BCUT2D eigenvalue weighted by atomic mass is 19.1. The van der Waals surface area contributed by atoms with Gasteiger partial charge < -0.3 is 10.6 Å². The second-order valence-corrected chi connectivity index (χ2v) is 5.00. The van der Waals surface area contributed by atoms with Gasteiger partial charge in [-0.2, -0.15) is 0 Å². The summed E-state index contributed by atoms with van der Waals surface area (Å²) in [5, 5.41) is 0. The molecule has 1 unspecified atom stereocenters. The molecule has 3 heteroatoms. The first-order valence-electron chi connectivity index (χ1n) is 6.17. The van der Waals surface area contributed by atoms with Gasteiger partial charge in [0, 0.05) is 6.54 Å². The van der Waals surface area contributed by atoms with E-state index in [1.807, 2.05) is 14.1 Å². The summed E-state index contributed by atoms with van der Waals surface area (Å²) < 4.78 is 12.9. The minimum absolute atomic E-state index is 0.212. The molecule has 96 valence electrons. The van der Waals surface area contributed by atoms with Crippen LogP contribution in [0.4, 0.5) is 4.39 Å². The second-order valence-electron chi connectivity index (χ2n) is 5.00. The molecule has 0 bridgehead atoms. The topological polar surface area (TPSA) is 29.3 Å². The highest BCUT2D eigenvalue weighted by molar-refractivity contribution is 5.25. The molecule has 0 heterocycles. The van der Waals surface area contributed by atoms with E-state index >= 15 is 0 Å². The third-order valence-corrected chi connectivity index (χ3v) is 2.99. The van der Waals surface area contributed by atoms with Crippen LogP contribution in [0.2, 0.25) is 0 Å². The molecule has 0 aliphatic rings. The highest BCUT2D eigenvalue weighted by Gasteiger charge is 2.27. The maximum atomic E-state index is 12.9. The summed E-state index contributed by atoms with van der Waals surface area (Å²) in [5.41, 5.74) is 7.13. The number of nitrogens with zero attached hydrogens (tertiary/aromatic N) is 1. The number of rotatable bonds is 6. The Bertz CT molecular complexity index is 335. The largest absolute Gasteiger partial charge is 0.320 e. The third kappa shape index (κ3) is 4.10. The van der Waals surface area contributed by atoms with Crippen molar-refractivity contribution in [3.8, 4) is 0 Å². The number of unbranched alkanes of at least 4 members (excludes halogenated alkanes) is 1. The molecule has 17 heavy (non-hydrogen) atoms. The zero-order valence-electron chi connectivity index (χ0n) is 11.0. The molecule has 2 nitrogen and oxygen atoms in total. The van der Waals surface area contributed by atoms with Crippen molar-refractivity contribution in [2.75, 3.05) is 20.6 Å². The van der Waals surface area contributed by atoms with Gasteiger partial charge in [0.25, 0.3) is 0 Å². The molecule has 1 atom stereocenters. The second kappa shape index (κ2) is 6.12. The number of benzene rings is 1. The lowest BCUT2D eigenvalue weighted by molar-refractivity contribution is 0.266. The van der Waals surface area contributed by atoms with E-state index in [9.17, 15) is 4.39 Å². The van der Waals surface area contributed by atoms with Gasteiger partial charge in [0.05, 0.1) is 5.54 Å². The molecule has 0 aliphatic heterocycles. The average Bonchev–Trinajstić information content (AvgIpc) is 2.26. The Morgan fingerprint density at radius 1 is 1.24 bits per heavy atom. The molecule has 0 radical (unpaired) electrons. The Hall–Kier alpha value is -0.930. The highest BCUT2D eigenvalue weighted by Crippen LogP contribution is 2.25. The minimum atomic E-state index is -0.382. The van der Waals surface area contributed by atoms with E-state index in [2.05, 4.69) is 11.8 Å². The molecule has 0 aromatic heterocycles. The molecule has 0 saturated heterocycles. The summed E-state index contributed by atoms with van der Waals surface area (Å²) in [6, 6.07) is 6.57. The normalized spacial score (nSPS) is 14.9. The smallest absolute Gasteiger partial charge is 0.123 e. The van der Waals surface area contributed by atoms with Gasteiger partial charge in [0.2, 0.25) is 0 Å². The zero-order chi connectivity index (χ0) is 12.9. The Morgan fingerprint density at radius 2 is 1.82 bits per heavy atom. The van der Waals surface area contributed by atoms with Crippen LogP contribution in [-0.2, 0) is 5.54 Å². The van der Waals surface area contributed by atoms with E-state index in [1.54, 1.807) is 12.1 Å². The summed E-state index contributed by atoms with van der Waals surface area (Å²) in [6.07, 6.45) is 3.13. The van der Waals surface area contributed by atoms with Gasteiger partial charge >= 0.3 is 0 Å². The van der Waals surface area contributed by atoms with Crippen LogP contribution < -0.4 is 5.73 Å². The third-order valence-electron chi connectivity index (χ3n) is 2.99. The number of hydrogen-bond donors (Lipinski definition) is 1. The van der Waals surface area contributed by atoms with Crippen LogP contribution in [0.1, 0.15) is 31.7 Å². The van der Waals surface area contributed by atoms with Crippen LogP contribution in [0.3, 0.4) is 0 Å². The van der Waals surface area contributed by atoms with Crippen LogP contribution in [0.15, 0.2) is 24.3 Å². The SMILES string of the molecule is CCCCC(N)(CN(C)C)c1ccc(F)cc1.